The number of aliphatic hydroxyl groups excluding tert-OH is 2. The molecule has 1 fully saturated rings. The average Bonchev–Trinajstić information content (AvgIpc) is 2.81. The Morgan fingerprint density at radius 3 is 2.68 bits per heavy atom. The van der Waals surface area contributed by atoms with Gasteiger partial charge in [0.05, 0.1) is 12.3 Å². The number of rotatable bonds is 3. The standard InChI is InChI=1S/C18H28N2O2/c1-18(2,3)12-4-5-14-11(8-12)9-15-17(20-14)13(6-7-21)16(10-22)19-15/h11-12,19,21-22H,4-10H2,1-3H3. The van der Waals surface area contributed by atoms with E-state index in [-0.39, 0.29) is 13.2 Å². The molecular formula is C18H28N2O2. The zero-order valence-electron chi connectivity index (χ0n) is 13.9. The first kappa shape index (κ1) is 15.8. The van der Waals surface area contributed by atoms with Crippen molar-refractivity contribution in [3.8, 4) is 0 Å². The third-order valence-electron chi connectivity index (χ3n) is 5.48. The number of hydrogen-bond donors (Lipinski definition) is 3. The van der Waals surface area contributed by atoms with Gasteiger partial charge in [0.1, 0.15) is 0 Å². The molecule has 1 aliphatic heterocycles. The lowest BCUT2D eigenvalue weighted by Gasteiger charge is -2.39. The molecule has 1 saturated carbocycles. The van der Waals surface area contributed by atoms with Gasteiger partial charge in [0.15, 0.2) is 0 Å². The summed E-state index contributed by atoms with van der Waals surface area (Å²) in [5, 5.41) is 18.8. The lowest BCUT2D eigenvalue weighted by molar-refractivity contribution is 0.185. The molecule has 22 heavy (non-hydrogen) atoms. The van der Waals surface area contributed by atoms with Gasteiger partial charge in [-0.2, -0.15) is 0 Å². The van der Waals surface area contributed by atoms with Crippen LogP contribution in [0.15, 0.2) is 4.99 Å². The summed E-state index contributed by atoms with van der Waals surface area (Å²) in [6, 6.07) is 0. The summed E-state index contributed by atoms with van der Waals surface area (Å²) in [5.74, 6) is 1.29. The van der Waals surface area contributed by atoms with Gasteiger partial charge >= 0.3 is 0 Å². The highest BCUT2D eigenvalue weighted by molar-refractivity contribution is 5.92. The molecule has 0 bridgehead atoms. The summed E-state index contributed by atoms with van der Waals surface area (Å²) in [6.45, 7) is 7.10. The predicted molar refractivity (Wildman–Crippen MR) is 88.6 cm³/mol. The predicted octanol–water partition coefficient (Wildman–Crippen LogP) is 3.13. The Bertz CT molecular complexity index is 581. The van der Waals surface area contributed by atoms with E-state index in [0.717, 1.165) is 41.4 Å². The van der Waals surface area contributed by atoms with Crippen molar-refractivity contribution >= 4 is 11.4 Å². The smallest absolute Gasteiger partial charge is 0.0872 e. The minimum atomic E-state index is -0.0114. The summed E-state index contributed by atoms with van der Waals surface area (Å²) in [4.78, 5) is 8.29. The SMILES string of the molecule is CC(C)(C)C1CCC2=Nc3c([nH]c(CO)c3CCO)CC2C1. The van der Waals surface area contributed by atoms with Crippen LogP contribution in [-0.2, 0) is 19.4 Å². The Morgan fingerprint density at radius 1 is 1.27 bits per heavy atom. The van der Waals surface area contributed by atoms with E-state index in [1.807, 2.05) is 0 Å². The van der Waals surface area contributed by atoms with Gasteiger partial charge in [-0.05, 0) is 43.4 Å². The molecule has 0 amide bonds. The number of fused-ring (bicyclic) bond motifs is 2. The molecule has 0 spiro atoms. The van der Waals surface area contributed by atoms with E-state index in [1.165, 1.54) is 18.6 Å². The number of aliphatic hydroxyl groups is 2. The van der Waals surface area contributed by atoms with E-state index < -0.39 is 0 Å². The second kappa shape index (κ2) is 5.82. The van der Waals surface area contributed by atoms with Gasteiger partial charge in [0.25, 0.3) is 0 Å². The first-order valence-corrected chi connectivity index (χ1v) is 8.45. The van der Waals surface area contributed by atoms with Crippen LogP contribution in [0.1, 0.15) is 57.0 Å². The maximum absolute atomic E-state index is 9.54. The van der Waals surface area contributed by atoms with Gasteiger partial charge in [-0.15, -0.1) is 0 Å². The van der Waals surface area contributed by atoms with Gasteiger partial charge in [0.2, 0.25) is 0 Å². The molecule has 0 aromatic carbocycles. The van der Waals surface area contributed by atoms with Crippen molar-refractivity contribution in [3.05, 3.63) is 17.0 Å². The van der Waals surface area contributed by atoms with Crippen molar-refractivity contribution in [1.82, 2.24) is 4.98 Å². The second-order valence-corrected chi connectivity index (χ2v) is 7.88. The van der Waals surface area contributed by atoms with Crippen LogP contribution in [0.2, 0.25) is 0 Å². The first-order valence-electron chi connectivity index (χ1n) is 8.45. The van der Waals surface area contributed by atoms with Gasteiger partial charge < -0.3 is 15.2 Å². The highest BCUT2D eigenvalue weighted by Crippen LogP contribution is 2.44. The fourth-order valence-electron chi connectivity index (χ4n) is 4.09. The third-order valence-corrected chi connectivity index (χ3v) is 5.48. The van der Waals surface area contributed by atoms with Gasteiger partial charge in [-0.1, -0.05) is 20.8 Å². The average molecular weight is 304 g/mol. The number of hydrogen-bond acceptors (Lipinski definition) is 3. The maximum Gasteiger partial charge on any atom is 0.0872 e. The molecule has 1 aromatic rings. The van der Waals surface area contributed by atoms with Crippen molar-refractivity contribution in [3.63, 3.8) is 0 Å². The number of aromatic nitrogens is 1. The lowest BCUT2D eigenvalue weighted by Crippen LogP contribution is -2.34. The molecule has 2 atom stereocenters. The van der Waals surface area contributed by atoms with Crippen molar-refractivity contribution in [2.24, 2.45) is 22.2 Å². The van der Waals surface area contributed by atoms with Gasteiger partial charge in [-0.3, -0.25) is 4.99 Å². The number of H-pyrrole nitrogens is 1. The number of nitrogens with one attached hydrogen (secondary N) is 1. The summed E-state index contributed by atoms with van der Waals surface area (Å²) in [5.41, 5.74) is 5.67. The fraction of sp³-hybridized carbons (Fsp3) is 0.722. The molecule has 2 unspecified atom stereocenters. The number of nitrogens with zero attached hydrogens (tertiary/aromatic N) is 1. The van der Waals surface area contributed by atoms with Crippen LogP contribution in [0.4, 0.5) is 5.69 Å². The van der Waals surface area contributed by atoms with E-state index in [9.17, 15) is 10.2 Å². The molecule has 2 heterocycles. The quantitative estimate of drug-likeness (QED) is 0.803. The third kappa shape index (κ3) is 2.74. The fourth-order valence-corrected chi connectivity index (χ4v) is 4.09. The van der Waals surface area contributed by atoms with Crippen LogP contribution < -0.4 is 0 Å². The largest absolute Gasteiger partial charge is 0.396 e. The van der Waals surface area contributed by atoms with Crippen LogP contribution >= 0.6 is 0 Å². The monoisotopic (exact) mass is 304 g/mol. The molecule has 4 nitrogen and oxygen atoms in total. The Labute approximate surface area is 132 Å². The Balaban J connectivity index is 1.89. The number of aromatic amines is 1. The van der Waals surface area contributed by atoms with Crippen molar-refractivity contribution in [2.75, 3.05) is 6.61 Å². The molecule has 2 aliphatic rings. The van der Waals surface area contributed by atoms with E-state index >= 15 is 0 Å². The minimum Gasteiger partial charge on any atom is -0.396 e. The summed E-state index contributed by atoms with van der Waals surface area (Å²) < 4.78 is 0. The van der Waals surface area contributed by atoms with Crippen LogP contribution in [-0.4, -0.2) is 27.5 Å². The minimum absolute atomic E-state index is 0.0114. The Morgan fingerprint density at radius 2 is 2.05 bits per heavy atom. The lowest BCUT2D eigenvalue weighted by atomic mass is 9.67. The zero-order chi connectivity index (χ0) is 15.9. The second-order valence-electron chi connectivity index (χ2n) is 7.88. The highest BCUT2D eigenvalue weighted by atomic mass is 16.3. The normalized spacial score (nSPS) is 24.7. The molecule has 122 valence electrons. The Kier molecular flexibility index (Phi) is 4.17. The van der Waals surface area contributed by atoms with E-state index in [2.05, 4.69) is 25.8 Å². The van der Waals surface area contributed by atoms with Crippen LogP contribution in [0, 0.1) is 17.3 Å². The molecule has 4 heteroatoms. The molecule has 0 saturated heterocycles. The summed E-state index contributed by atoms with van der Waals surface area (Å²) >= 11 is 0. The highest BCUT2D eigenvalue weighted by Gasteiger charge is 2.36. The van der Waals surface area contributed by atoms with E-state index in [1.54, 1.807) is 0 Å². The molecule has 1 aliphatic carbocycles. The molecule has 1 aromatic heterocycles. The van der Waals surface area contributed by atoms with Gasteiger partial charge in [0, 0.05) is 35.2 Å². The number of aliphatic imine (C=N–C) groups is 1. The van der Waals surface area contributed by atoms with E-state index in [0.29, 0.717) is 17.8 Å². The molecule has 3 N–H and O–H groups in total. The zero-order valence-corrected chi connectivity index (χ0v) is 13.9. The molecule has 3 rings (SSSR count). The van der Waals surface area contributed by atoms with Crippen molar-refractivity contribution in [1.29, 1.82) is 0 Å². The van der Waals surface area contributed by atoms with E-state index in [4.69, 9.17) is 4.99 Å². The van der Waals surface area contributed by atoms with Crippen LogP contribution in [0.25, 0.3) is 0 Å². The van der Waals surface area contributed by atoms with Crippen molar-refractivity contribution < 1.29 is 10.2 Å². The van der Waals surface area contributed by atoms with Gasteiger partial charge in [-0.25, -0.2) is 0 Å². The molecular weight excluding hydrogens is 276 g/mol. The van der Waals surface area contributed by atoms with Crippen molar-refractivity contribution in [2.45, 2.75) is 59.5 Å². The maximum atomic E-state index is 9.54. The van der Waals surface area contributed by atoms with Crippen LogP contribution in [0.3, 0.4) is 0 Å². The first-order chi connectivity index (χ1) is 10.4. The summed E-state index contributed by atoms with van der Waals surface area (Å²) in [6.07, 6.45) is 5.09. The molecule has 0 radical (unpaired) electrons. The van der Waals surface area contributed by atoms with Crippen LogP contribution in [0.5, 0.6) is 0 Å². The topological polar surface area (TPSA) is 68.6 Å². The summed E-state index contributed by atoms with van der Waals surface area (Å²) in [7, 11) is 0. The Hall–Kier alpha value is -1.13.